The van der Waals surface area contributed by atoms with Crippen molar-refractivity contribution in [1.29, 1.82) is 0 Å². The van der Waals surface area contributed by atoms with Gasteiger partial charge >= 0.3 is 0 Å². The number of hydrogen-bond donors (Lipinski definition) is 0. The number of carbonyl (C=O) groups excluding carboxylic acids is 1. The van der Waals surface area contributed by atoms with Crippen LogP contribution in [0.3, 0.4) is 0 Å². The van der Waals surface area contributed by atoms with Gasteiger partial charge in [-0.05, 0) is 51.3 Å². The van der Waals surface area contributed by atoms with E-state index in [1.165, 1.54) is 0 Å². The highest BCUT2D eigenvalue weighted by Crippen LogP contribution is 2.40. The number of amides is 1. The zero-order valence-corrected chi connectivity index (χ0v) is 16.6. The van der Waals surface area contributed by atoms with Gasteiger partial charge in [0.2, 0.25) is 5.91 Å². The van der Waals surface area contributed by atoms with Crippen LogP contribution in [-0.2, 0) is 11.2 Å². The lowest BCUT2D eigenvalue weighted by Gasteiger charge is -2.24. The number of rotatable bonds is 5. The van der Waals surface area contributed by atoms with Crippen LogP contribution in [0.1, 0.15) is 16.5 Å². The highest BCUT2D eigenvalue weighted by molar-refractivity contribution is 9.10. The van der Waals surface area contributed by atoms with Gasteiger partial charge in [-0.3, -0.25) is 4.79 Å². The molecule has 0 spiro atoms. The van der Waals surface area contributed by atoms with Gasteiger partial charge in [-0.15, -0.1) is 11.8 Å². The van der Waals surface area contributed by atoms with E-state index in [1.54, 1.807) is 26.0 Å². The minimum atomic E-state index is 0.0490. The molecule has 2 aromatic carbocycles. The molecule has 0 radical (unpaired) electrons. The summed E-state index contributed by atoms with van der Waals surface area (Å²) in [5.74, 6) is 2.69. The van der Waals surface area contributed by atoms with Gasteiger partial charge in [-0.1, -0.05) is 18.2 Å². The van der Waals surface area contributed by atoms with E-state index in [0.717, 1.165) is 39.4 Å². The Morgan fingerprint density at radius 2 is 1.96 bits per heavy atom. The van der Waals surface area contributed by atoms with Crippen molar-refractivity contribution in [3.8, 4) is 11.5 Å². The Balaban J connectivity index is 1.73. The molecule has 25 heavy (non-hydrogen) atoms. The summed E-state index contributed by atoms with van der Waals surface area (Å²) in [6.45, 7) is 0.772. The van der Waals surface area contributed by atoms with E-state index in [2.05, 4.69) is 15.9 Å². The third-order valence-corrected chi connectivity index (χ3v) is 6.07. The van der Waals surface area contributed by atoms with Crippen molar-refractivity contribution in [2.24, 2.45) is 0 Å². The average Bonchev–Trinajstić information content (AvgIpc) is 3.12. The van der Waals surface area contributed by atoms with Crippen molar-refractivity contribution in [2.45, 2.75) is 11.8 Å². The molecule has 1 fully saturated rings. The standard InChI is InChI=1S/C19H20BrNO3S/c1-23-15-6-3-13(4-7-15)11-18(22)21-9-10-25-19(21)14-5-8-17(24-2)16(20)12-14/h3-8,12,19H,9-11H2,1-2H3. The van der Waals surface area contributed by atoms with E-state index < -0.39 is 0 Å². The number of hydrogen-bond acceptors (Lipinski definition) is 4. The molecule has 0 N–H and O–H groups in total. The maximum absolute atomic E-state index is 12.8. The molecule has 1 atom stereocenters. The van der Waals surface area contributed by atoms with Crippen molar-refractivity contribution in [2.75, 3.05) is 26.5 Å². The van der Waals surface area contributed by atoms with Gasteiger partial charge < -0.3 is 14.4 Å². The van der Waals surface area contributed by atoms with Gasteiger partial charge in [0.25, 0.3) is 0 Å². The minimum absolute atomic E-state index is 0.0490. The molecule has 1 aliphatic rings. The minimum Gasteiger partial charge on any atom is -0.497 e. The lowest BCUT2D eigenvalue weighted by molar-refractivity contribution is -0.130. The molecule has 132 valence electrons. The normalized spacial score (nSPS) is 16.8. The maximum Gasteiger partial charge on any atom is 0.228 e. The van der Waals surface area contributed by atoms with Crippen molar-refractivity contribution in [3.63, 3.8) is 0 Å². The highest BCUT2D eigenvalue weighted by atomic mass is 79.9. The molecule has 3 rings (SSSR count). The Bertz CT molecular complexity index is 751. The Labute approximate surface area is 160 Å². The molecule has 0 aromatic heterocycles. The van der Waals surface area contributed by atoms with E-state index in [0.29, 0.717) is 6.42 Å². The van der Waals surface area contributed by atoms with Crippen LogP contribution in [0.25, 0.3) is 0 Å². The van der Waals surface area contributed by atoms with E-state index in [1.807, 2.05) is 47.4 Å². The number of benzene rings is 2. The van der Waals surface area contributed by atoms with Gasteiger partial charge in [0.05, 0.1) is 25.1 Å². The third-order valence-electron chi connectivity index (χ3n) is 4.19. The lowest BCUT2D eigenvalue weighted by Crippen LogP contribution is -2.31. The molecule has 1 unspecified atom stereocenters. The maximum atomic E-state index is 12.8. The van der Waals surface area contributed by atoms with Crippen LogP contribution in [0.2, 0.25) is 0 Å². The van der Waals surface area contributed by atoms with Crippen LogP contribution in [0, 0.1) is 0 Å². The quantitative estimate of drug-likeness (QED) is 0.721. The summed E-state index contributed by atoms with van der Waals surface area (Å²) in [7, 11) is 3.29. The largest absolute Gasteiger partial charge is 0.497 e. The van der Waals surface area contributed by atoms with Crippen LogP contribution >= 0.6 is 27.7 Å². The number of ether oxygens (including phenoxy) is 2. The number of carbonyl (C=O) groups is 1. The molecule has 0 aliphatic carbocycles. The predicted molar refractivity (Wildman–Crippen MR) is 104 cm³/mol. The predicted octanol–water partition coefficient (Wildman–Crippen LogP) is 4.28. The van der Waals surface area contributed by atoms with Crippen LogP contribution in [-0.4, -0.2) is 37.3 Å². The molecule has 0 saturated carbocycles. The van der Waals surface area contributed by atoms with E-state index in [-0.39, 0.29) is 11.3 Å². The fraction of sp³-hybridized carbons (Fsp3) is 0.316. The van der Waals surface area contributed by atoms with Crippen LogP contribution in [0.5, 0.6) is 11.5 Å². The summed E-state index contributed by atoms with van der Waals surface area (Å²) in [6, 6.07) is 13.7. The summed E-state index contributed by atoms with van der Waals surface area (Å²) in [5.41, 5.74) is 2.11. The fourth-order valence-electron chi connectivity index (χ4n) is 2.86. The van der Waals surface area contributed by atoms with Crippen molar-refractivity contribution >= 4 is 33.6 Å². The SMILES string of the molecule is COc1ccc(CC(=O)N2CCSC2c2ccc(OC)c(Br)c2)cc1. The van der Waals surface area contributed by atoms with Crippen LogP contribution < -0.4 is 9.47 Å². The lowest BCUT2D eigenvalue weighted by atomic mass is 10.1. The smallest absolute Gasteiger partial charge is 0.228 e. The molecule has 1 saturated heterocycles. The number of thioether (sulfide) groups is 1. The third kappa shape index (κ3) is 4.12. The van der Waals surface area contributed by atoms with Crippen LogP contribution in [0.4, 0.5) is 0 Å². The van der Waals surface area contributed by atoms with Crippen molar-refractivity contribution in [3.05, 3.63) is 58.1 Å². The first-order valence-corrected chi connectivity index (χ1v) is 9.84. The zero-order chi connectivity index (χ0) is 17.8. The van der Waals surface area contributed by atoms with Gasteiger partial charge in [0.15, 0.2) is 0 Å². The Morgan fingerprint density at radius 3 is 2.60 bits per heavy atom. The Kier molecular flexibility index (Phi) is 5.91. The molecule has 6 heteroatoms. The Hall–Kier alpha value is -1.66. The van der Waals surface area contributed by atoms with Crippen molar-refractivity contribution < 1.29 is 14.3 Å². The first-order valence-electron chi connectivity index (χ1n) is 8.00. The number of methoxy groups -OCH3 is 2. The monoisotopic (exact) mass is 421 g/mol. The molecular formula is C19H20BrNO3S. The number of nitrogens with zero attached hydrogens (tertiary/aromatic N) is 1. The first-order chi connectivity index (χ1) is 12.1. The molecule has 4 nitrogen and oxygen atoms in total. The number of halogens is 1. The molecular weight excluding hydrogens is 402 g/mol. The molecule has 1 aliphatic heterocycles. The average molecular weight is 422 g/mol. The molecule has 1 heterocycles. The summed E-state index contributed by atoms with van der Waals surface area (Å²) in [5, 5.41) is 0.0490. The summed E-state index contributed by atoms with van der Waals surface area (Å²) < 4.78 is 11.4. The summed E-state index contributed by atoms with van der Waals surface area (Å²) >= 11 is 5.32. The van der Waals surface area contributed by atoms with Gasteiger partial charge in [0, 0.05) is 12.3 Å². The van der Waals surface area contributed by atoms with E-state index >= 15 is 0 Å². The first kappa shape index (κ1) is 18.1. The molecule has 1 amide bonds. The van der Waals surface area contributed by atoms with E-state index in [4.69, 9.17) is 9.47 Å². The summed E-state index contributed by atoms with van der Waals surface area (Å²) in [6.07, 6.45) is 0.401. The van der Waals surface area contributed by atoms with Crippen molar-refractivity contribution in [1.82, 2.24) is 4.90 Å². The van der Waals surface area contributed by atoms with Gasteiger partial charge in [-0.25, -0.2) is 0 Å². The highest BCUT2D eigenvalue weighted by Gasteiger charge is 2.30. The summed E-state index contributed by atoms with van der Waals surface area (Å²) in [4.78, 5) is 14.8. The second kappa shape index (κ2) is 8.15. The molecule has 2 aromatic rings. The zero-order valence-electron chi connectivity index (χ0n) is 14.2. The van der Waals surface area contributed by atoms with Gasteiger partial charge in [0.1, 0.15) is 16.9 Å². The second-order valence-electron chi connectivity index (χ2n) is 5.73. The topological polar surface area (TPSA) is 38.8 Å². The van der Waals surface area contributed by atoms with E-state index in [9.17, 15) is 4.79 Å². The van der Waals surface area contributed by atoms with Gasteiger partial charge in [-0.2, -0.15) is 0 Å². The molecule has 0 bridgehead atoms. The Morgan fingerprint density at radius 1 is 1.20 bits per heavy atom. The fourth-order valence-corrected chi connectivity index (χ4v) is 4.68. The second-order valence-corrected chi connectivity index (χ2v) is 7.77. The van der Waals surface area contributed by atoms with Crippen LogP contribution in [0.15, 0.2) is 46.9 Å².